The molecule has 4 N–H and O–H groups in total. The van der Waals surface area contributed by atoms with Crippen LogP contribution in [0.15, 0.2) is 24.5 Å². The standard InChI is InChI=1S/C11H15N3O4/c15-9(10(16)17)7-14-11(18)13-5-3-8-2-1-4-12-6-8/h1-2,4,6,9,15H,3,5,7H2,(H,16,17)(H2,13,14,18)/t9-/m0/s1. The molecule has 0 bridgehead atoms. The number of carbonyl (C=O) groups is 2. The van der Waals surface area contributed by atoms with Gasteiger partial charge in [-0.1, -0.05) is 6.07 Å². The lowest BCUT2D eigenvalue weighted by Crippen LogP contribution is -2.42. The van der Waals surface area contributed by atoms with Crippen LogP contribution in [0.5, 0.6) is 0 Å². The summed E-state index contributed by atoms with van der Waals surface area (Å²) in [6.07, 6.45) is 2.40. The SMILES string of the molecule is O=C(NCCc1cccnc1)NC[C@H](O)C(=O)O. The number of aromatic nitrogens is 1. The predicted octanol–water partition coefficient (Wildman–Crippen LogP) is -0.631. The Morgan fingerprint density at radius 1 is 1.39 bits per heavy atom. The van der Waals surface area contributed by atoms with Gasteiger partial charge in [0.1, 0.15) is 0 Å². The number of amides is 2. The molecule has 1 heterocycles. The number of rotatable bonds is 6. The molecular formula is C11H15N3O4. The van der Waals surface area contributed by atoms with Crippen molar-refractivity contribution in [3.63, 3.8) is 0 Å². The van der Waals surface area contributed by atoms with Gasteiger partial charge in [0, 0.05) is 18.9 Å². The summed E-state index contributed by atoms with van der Waals surface area (Å²) < 4.78 is 0. The largest absolute Gasteiger partial charge is 0.479 e. The second-order valence-corrected chi connectivity index (χ2v) is 3.60. The topological polar surface area (TPSA) is 112 Å². The Kier molecular flexibility index (Phi) is 5.59. The molecule has 7 nitrogen and oxygen atoms in total. The zero-order valence-electron chi connectivity index (χ0n) is 9.67. The summed E-state index contributed by atoms with van der Waals surface area (Å²) in [6.45, 7) is 0.0781. The maximum absolute atomic E-state index is 11.2. The highest BCUT2D eigenvalue weighted by atomic mass is 16.4. The first-order chi connectivity index (χ1) is 8.59. The number of nitrogens with zero attached hydrogens (tertiary/aromatic N) is 1. The molecule has 0 fully saturated rings. The van der Waals surface area contributed by atoms with Crippen molar-refractivity contribution in [3.8, 4) is 0 Å². The highest BCUT2D eigenvalue weighted by Gasteiger charge is 2.13. The molecule has 0 aromatic carbocycles. The minimum atomic E-state index is -1.59. The first kappa shape index (κ1) is 13.9. The van der Waals surface area contributed by atoms with Gasteiger partial charge in [-0.05, 0) is 18.1 Å². The van der Waals surface area contributed by atoms with Crippen LogP contribution in [0.4, 0.5) is 4.79 Å². The van der Waals surface area contributed by atoms with Crippen LogP contribution in [0.2, 0.25) is 0 Å². The minimum absolute atomic E-state index is 0.325. The number of hydrogen-bond acceptors (Lipinski definition) is 4. The number of pyridine rings is 1. The Morgan fingerprint density at radius 2 is 2.17 bits per heavy atom. The molecule has 1 aromatic heterocycles. The van der Waals surface area contributed by atoms with Gasteiger partial charge in [-0.15, -0.1) is 0 Å². The fourth-order valence-corrected chi connectivity index (χ4v) is 1.21. The quantitative estimate of drug-likeness (QED) is 0.539. The molecule has 1 atom stereocenters. The average molecular weight is 253 g/mol. The van der Waals surface area contributed by atoms with Gasteiger partial charge >= 0.3 is 12.0 Å². The van der Waals surface area contributed by atoms with Crippen molar-refractivity contribution in [2.75, 3.05) is 13.1 Å². The molecule has 0 saturated carbocycles. The van der Waals surface area contributed by atoms with Gasteiger partial charge in [0.25, 0.3) is 0 Å². The lowest BCUT2D eigenvalue weighted by molar-refractivity contribution is -0.146. The summed E-state index contributed by atoms with van der Waals surface area (Å²) >= 11 is 0. The summed E-state index contributed by atoms with van der Waals surface area (Å²) in [5.74, 6) is -1.37. The van der Waals surface area contributed by atoms with Gasteiger partial charge in [0.05, 0.1) is 6.54 Å². The van der Waals surface area contributed by atoms with E-state index in [0.29, 0.717) is 13.0 Å². The molecule has 1 rings (SSSR count). The Hall–Kier alpha value is -2.15. The van der Waals surface area contributed by atoms with E-state index in [1.807, 2.05) is 6.07 Å². The van der Waals surface area contributed by atoms with E-state index in [4.69, 9.17) is 10.2 Å². The Morgan fingerprint density at radius 3 is 2.78 bits per heavy atom. The van der Waals surface area contributed by atoms with Gasteiger partial charge in [-0.2, -0.15) is 0 Å². The summed E-state index contributed by atoms with van der Waals surface area (Å²) in [5, 5.41) is 22.1. The van der Waals surface area contributed by atoms with E-state index in [2.05, 4.69) is 15.6 Å². The Labute approximate surface area is 104 Å². The molecule has 0 aliphatic rings. The molecule has 0 radical (unpaired) electrons. The number of aliphatic carboxylic acids is 1. The second kappa shape index (κ2) is 7.23. The summed E-state index contributed by atoms with van der Waals surface area (Å²) in [6, 6.07) is 3.18. The lowest BCUT2D eigenvalue weighted by atomic mass is 10.2. The number of hydrogen-bond donors (Lipinski definition) is 4. The van der Waals surface area contributed by atoms with E-state index in [0.717, 1.165) is 5.56 Å². The summed E-state index contributed by atoms with van der Waals surface area (Å²) in [5.41, 5.74) is 0.989. The summed E-state index contributed by atoms with van der Waals surface area (Å²) in [4.78, 5) is 25.4. The van der Waals surface area contributed by atoms with Crippen molar-refractivity contribution in [2.24, 2.45) is 0 Å². The van der Waals surface area contributed by atoms with Crippen molar-refractivity contribution in [1.29, 1.82) is 0 Å². The fraction of sp³-hybridized carbons (Fsp3) is 0.364. The number of carboxylic acids is 1. The molecule has 0 spiro atoms. The number of aliphatic hydroxyl groups is 1. The first-order valence-corrected chi connectivity index (χ1v) is 5.41. The third-order valence-electron chi connectivity index (χ3n) is 2.16. The van der Waals surface area contributed by atoms with Crippen molar-refractivity contribution in [1.82, 2.24) is 15.6 Å². The van der Waals surface area contributed by atoms with Crippen LogP contribution in [-0.2, 0) is 11.2 Å². The van der Waals surface area contributed by atoms with E-state index in [-0.39, 0.29) is 6.54 Å². The number of urea groups is 1. The lowest BCUT2D eigenvalue weighted by Gasteiger charge is -2.09. The minimum Gasteiger partial charge on any atom is -0.479 e. The zero-order valence-corrected chi connectivity index (χ0v) is 9.67. The van der Waals surface area contributed by atoms with E-state index in [9.17, 15) is 9.59 Å². The zero-order chi connectivity index (χ0) is 13.4. The van der Waals surface area contributed by atoms with Crippen LogP contribution in [0.1, 0.15) is 5.56 Å². The van der Waals surface area contributed by atoms with Crippen molar-refractivity contribution in [3.05, 3.63) is 30.1 Å². The molecule has 0 aliphatic carbocycles. The van der Waals surface area contributed by atoms with Crippen LogP contribution in [0.25, 0.3) is 0 Å². The maximum Gasteiger partial charge on any atom is 0.334 e. The van der Waals surface area contributed by atoms with Crippen LogP contribution in [0.3, 0.4) is 0 Å². The fourth-order valence-electron chi connectivity index (χ4n) is 1.21. The normalized spacial score (nSPS) is 11.6. The molecule has 98 valence electrons. The van der Waals surface area contributed by atoms with Gasteiger partial charge in [-0.25, -0.2) is 9.59 Å². The van der Waals surface area contributed by atoms with Crippen LogP contribution in [0, 0.1) is 0 Å². The molecule has 0 saturated heterocycles. The van der Waals surface area contributed by atoms with Crippen molar-refractivity contribution >= 4 is 12.0 Å². The highest BCUT2D eigenvalue weighted by molar-refractivity contribution is 5.76. The molecule has 0 aliphatic heterocycles. The Bertz CT molecular complexity index is 397. The van der Waals surface area contributed by atoms with E-state index in [1.165, 1.54) is 0 Å². The molecule has 0 unspecified atom stereocenters. The van der Waals surface area contributed by atoms with Crippen LogP contribution >= 0.6 is 0 Å². The van der Waals surface area contributed by atoms with Crippen LogP contribution in [-0.4, -0.2) is 46.4 Å². The third kappa shape index (κ3) is 5.26. The third-order valence-corrected chi connectivity index (χ3v) is 2.16. The number of aliphatic hydroxyl groups excluding tert-OH is 1. The van der Waals surface area contributed by atoms with E-state index in [1.54, 1.807) is 18.5 Å². The average Bonchev–Trinajstić information content (AvgIpc) is 2.37. The molecular weight excluding hydrogens is 238 g/mol. The number of nitrogens with one attached hydrogen (secondary N) is 2. The van der Waals surface area contributed by atoms with Crippen molar-refractivity contribution < 1.29 is 19.8 Å². The number of carbonyl (C=O) groups excluding carboxylic acids is 1. The molecule has 2 amide bonds. The van der Waals surface area contributed by atoms with Crippen LogP contribution < -0.4 is 10.6 Å². The summed E-state index contributed by atoms with van der Waals surface area (Å²) in [7, 11) is 0. The van der Waals surface area contributed by atoms with Gasteiger partial charge in [0.2, 0.25) is 0 Å². The first-order valence-electron chi connectivity index (χ1n) is 5.41. The van der Waals surface area contributed by atoms with Gasteiger partial charge in [-0.3, -0.25) is 4.98 Å². The van der Waals surface area contributed by atoms with Gasteiger partial charge < -0.3 is 20.8 Å². The van der Waals surface area contributed by atoms with Crippen molar-refractivity contribution in [2.45, 2.75) is 12.5 Å². The molecule has 1 aromatic rings. The molecule has 18 heavy (non-hydrogen) atoms. The Balaban J connectivity index is 2.16. The number of carboxylic acid groups (broad SMARTS) is 1. The smallest absolute Gasteiger partial charge is 0.334 e. The second-order valence-electron chi connectivity index (χ2n) is 3.60. The predicted molar refractivity (Wildman–Crippen MR) is 63.0 cm³/mol. The maximum atomic E-state index is 11.2. The monoisotopic (exact) mass is 253 g/mol. The highest BCUT2D eigenvalue weighted by Crippen LogP contribution is 1.95. The van der Waals surface area contributed by atoms with Gasteiger partial charge in [0.15, 0.2) is 6.10 Å². The van der Waals surface area contributed by atoms with E-state index >= 15 is 0 Å². The molecule has 7 heteroatoms. The van der Waals surface area contributed by atoms with E-state index < -0.39 is 18.1 Å².